The van der Waals surface area contributed by atoms with Crippen LogP contribution in [0.2, 0.25) is 0 Å². The zero-order valence-corrected chi connectivity index (χ0v) is 13.3. The van der Waals surface area contributed by atoms with Gasteiger partial charge in [0.15, 0.2) is 5.79 Å². The van der Waals surface area contributed by atoms with Gasteiger partial charge in [0.25, 0.3) is 0 Å². The zero-order valence-electron chi connectivity index (χ0n) is 12.5. The van der Waals surface area contributed by atoms with E-state index in [0.29, 0.717) is 6.61 Å². The van der Waals surface area contributed by atoms with E-state index < -0.39 is 5.79 Å². The fraction of sp³-hybridized carbons (Fsp3) is 1.00. The van der Waals surface area contributed by atoms with Crippen molar-refractivity contribution in [2.24, 2.45) is 0 Å². The average molecular weight is 290 g/mol. The first kappa shape index (κ1) is 17.3. The summed E-state index contributed by atoms with van der Waals surface area (Å²) in [5, 5.41) is 9.02. The van der Waals surface area contributed by atoms with Crippen LogP contribution in [0.1, 0.15) is 58.8 Å². The van der Waals surface area contributed by atoms with E-state index in [4.69, 9.17) is 14.6 Å². The highest BCUT2D eigenvalue weighted by molar-refractivity contribution is 7.99. The van der Waals surface area contributed by atoms with Crippen molar-refractivity contribution in [3.8, 4) is 0 Å². The Morgan fingerprint density at radius 2 is 1.89 bits per heavy atom. The highest BCUT2D eigenvalue weighted by Crippen LogP contribution is 2.28. The molecule has 2 atom stereocenters. The molecule has 1 N–H and O–H groups in total. The van der Waals surface area contributed by atoms with Crippen LogP contribution in [0.4, 0.5) is 0 Å². The molecule has 19 heavy (non-hydrogen) atoms. The monoisotopic (exact) mass is 290 g/mol. The summed E-state index contributed by atoms with van der Waals surface area (Å²) in [4.78, 5) is 0. The summed E-state index contributed by atoms with van der Waals surface area (Å²) >= 11 is 1.99. The van der Waals surface area contributed by atoms with Crippen LogP contribution in [-0.4, -0.2) is 41.7 Å². The first-order chi connectivity index (χ1) is 9.20. The van der Waals surface area contributed by atoms with Crippen LogP contribution < -0.4 is 0 Å². The third-order valence-electron chi connectivity index (χ3n) is 3.54. The van der Waals surface area contributed by atoms with Crippen LogP contribution in [0, 0.1) is 0 Å². The van der Waals surface area contributed by atoms with Crippen molar-refractivity contribution in [1.82, 2.24) is 0 Å². The van der Waals surface area contributed by atoms with E-state index in [1.807, 2.05) is 18.7 Å². The van der Waals surface area contributed by atoms with Gasteiger partial charge in [0, 0.05) is 6.42 Å². The van der Waals surface area contributed by atoms with Crippen LogP contribution in [0.5, 0.6) is 0 Å². The second-order valence-electron chi connectivity index (χ2n) is 5.50. The summed E-state index contributed by atoms with van der Waals surface area (Å²) in [5.41, 5.74) is 0. The standard InChI is InChI=1S/C15H30O3S/c1-3-4-5-6-7-8-10-19-11-9-15(2)17-13-14(12-16)18-15/h14,16H,3-13H2,1-2H3. The summed E-state index contributed by atoms with van der Waals surface area (Å²) in [7, 11) is 0. The maximum Gasteiger partial charge on any atom is 0.167 e. The fourth-order valence-corrected chi connectivity index (χ4v) is 3.38. The summed E-state index contributed by atoms with van der Waals surface area (Å²) < 4.78 is 11.3. The molecule has 0 amide bonds. The van der Waals surface area contributed by atoms with Gasteiger partial charge >= 0.3 is 0 Å². The van der Waals surface area contributed by atoms with E-state index >= 15 is 0 Å². The molecular formula is C15H30O3S. The molecule has 3 nitrogen and oxygen atoms in total. The van der Waals surface area contributed by atoms with Gasteiger partial charge in [0.2, 0.25) is 0 Å². The van der Waals surface area contributed by atoms with Crippen molar-refractivity contribution in [2.75, 3.05) is 24.7 Å². The predicted octanol–water partition coefficient (Wildman–Crippen LogP) is 3.59. The maximum absolute atomic E-state index is 9.02. The maximum atomic E-state index is 9.02. The Morgan fingerprint density at radius 3 is 2.58 bits per heavy atom. The second kappa shape index (κ2) is 10.0. The molecule has 0 aromatic heterocycles. The molecule has 0 spiro atoms. The molecule has 0 aromatic carbocycles. The minimum Gasteiger partial charge on any atom is -0.394 e. The average Bonchev–Trinajstić information content (AvgIpc) is 2.79. The third kappa shape index (κ3) is 7.54. The number of aliphatic hydroxyl groups is 1. The van der Waals surface area contributed by atoms with Gasteiger partial charge in [-0.3, -0.25) is 0 Å². The quantitative estimate of drug-likeness (QED) is 0.590. The van der Waals surface area contributed by atoms with E-state index in [2.05, 4.69) is 6.92 Å². The topological polar surface area (TPSA) is 38.7 Å². The molecule has 0 bridgehead atoms. The molecular weight excluding hydrogens is 260 g/mol. The van der Waals surface area contributed by atoms with Crippen molar-refractivity contribution in [3.63, 3.8) is 0 Å². The van der Waals surface area contributed by atoms with Crippen LogP contribution in [0.15, 0.2) is 0 Å². The minimum absolute atomic E-state index is 0.0560. The largest absolute Gasteiger partial charge is 0.394 e. The van der Waals surface area contributed by atoms with E-state index in [1.165, 1.54) is 44.3 Å². The molecule has 4 heteroatoms. The molecule has 0 saturated carbocycles. The number of aliphatic hydroxyl groups excluding tert-OH is 1. The van der Waals surface area contributed by atoms with Gasteiger partial charge in [-0.1, -0.05) is 39.0 Å². The Kier molecular flexibility index (Phi) is 9.12. The molecule has 1 saturated heterocycles. The number of ether oxygens (including phenoxy) is 2. The van der Waals surface area contributed by atoms with Crippen molar-refractivity contribution < 1.29 is 14.6 Å². The van der Waals surface area contributed by atoms with Gasteiger partial charge in [0.1, 0.15) is 6.10 Å². The molecule has 0 aliphatic carbocycles. The lowest BCUT2D eigenvalue weighted by atomic mass is 10.1. The summed E-state index contributed by atoms with van der Waals surface area (Å²) in [6.45, 7) is 4.81. The van der Waals surface area contributed by atoms with Crippen LogP contribution in [-0.2, 0) is 9.47 Å². The van der Waals surface area contributed by atoms with E-state index in [9.17, 15) is 0 Å². The Labute approximate surface area is 122 Å². The number of unbranched alkanes of at least 4 members (excludes halogenated alkanes) is 5. The van der Waals surface area contributed by atoms with Gasteiger partial charge in [-0.2, -0.15) is 11.8 Å². The number of rotatable bonds is 11. The van der Waals surface area contributed by atoms with Gasteiger partial charge in [-0.25, -0.2) is 0 Å². The predicted molar refractivity (Wildman–Crippen MR) is 81.6 cm³/mol. The zero-order chi connectivity index (χ0) is 14.0. The molecule has 1 aliphatic heterocycles. The first-order valence-electron chi connectivity index (χ1n) is 7.70. The number of hydrogen-bond acceptors (Lipinski definition) is 4. The Bertz CT molecular complexity index is 225. The van der Waals surface area contributed by atoms with E-state index in [1.54, 1.807) is 0 Å². The SMILES string of the molecule is CCCCCCCCSCCC1(C)OCC(CO)O1. The second-order valence-corrected chi connectivity index (χ2v) is 6.72. The van der Waals surface area contributed by atoms with Crippen LogP contribution in [0.25, 0.3) is 0 Å². The van der Waals surface area contributed by atoms with Gasteiger partial charge in [0.05, 0.1) is 13.2 Å². The van der Waals surface area contributed by atoms with Gasteiger partial charge < -0.3 is 14.6 Å². The molecule has 0 aromatic rings. The Balaban J connectivity index is 1.91. The number of thioether (sulfide) groups is 1. The molecule has 1 aliphatic rings. The van der Waals surface area contributed by atoms with E-state index in [0.717, 1.165) is 12.2 Å². The highest BCUT2D eigenvalue weighted by Gasteiger charge is 2.36. The lowest BCUT2D eigenvalue weighted by molar-refractivity contribution is -0.157. The van der Waals surface area contributed by atoms with Crippen LogP contribution >= 0.6 is 11.8 Å². The summed E-state index contributed by atoms with van der Waals surface area (Å²) in [5.74, 6) is 1.84. The molecule has 1 heterocycles. The van der Waals surface area contributed by atoms with Crippen molar-refractivity contribution in [3.05, 3.63) is 0 Å². The van der Waals surface area contributed by atoms with Crippen molar-refractivity contribution >= 4 is 11.8 Å². The third-order valence-corrected chi connectivity index (χ3v) is 4.61. The van der Waals surface area contributed by atoms with Gasteiger partial charge in [-0.15, -0.1) is 0 Å². The van der Waals surface area contributed by atoms with Crippen LogP contribution in [0.3, 0.4) is 0 Å². The Hall–Kier alpha value is 0.230. The van der Waals surface area contributed by atoms with Crippen molar-refractivity contribution in [1.29, 1.82) is 0 Å². The molecule has 0 radical (unpaired) electrons. The van der Waals surface area contributed by atoms with E-state index in [-0.39, 0.29) is 12.7 Å². The minimum atomic E-state index is -0.471. The van der Waals surface area contributed by atoms with Gasteiger partial charge in [-0.05, 0) is 24.9 Å². The molecule has 2 unspecified atom stereocenters. The number of hydrogen-bond donors (Lipinski definition) is 1. The smallest absolute Gasteiger partial charge is 0.167 e. The highest BCUT2D eigenvalue weighted by atomic mass is 32.2. The summed E-state index contributed by atoms with van der Waals surface area (Å²) in [6, 6.07) is 0. The lowest BCUT2D eigenvalue weighted by Crippen LogP contribution is -2.28. The normalized spacial score (nSPS) is 27.0. The summed E-state index contributed by atoms with van der Waals surface area (Å²) in [6.07, 6.45) is 8.95. The van der Waals surface area contributed by atoms with Crippen molar-refractivity contribution in [2.45, 2.75) is 70.7 Å². The molecule has 114 valence electrons. The fourth-order valence-electron chi connectivity index (χ4n) is 2.25. The Morgan fingerprint density at radius 1 is 1.16 bits per heavy atom. The lowest BCUT2D eigenvalue weighted by Gasteiger charge is -2.22. The molecule has 1 rings (SSSR count). The first-order valence-corrected chi connectivity index (χ1v) is 8.86. The molecule has 1 fully saturated rings.